The minimum absolute atomic E-state index is 0.0135. The van der Waals surface area contributed by atoms with E-state index in [2.05, 4.69) is 4.72 Å². The van der Waals surface area contributed by atoms with E-state index in [-0.39, 0.29) is 30.4 Å². The van der Waals surface area contributed by atoms with Gasteiger partial charge in [-0.15, -0.1) is 0 Å². The van der Waals surface area contributed by atoms with Gasteiger partial charge < -0.3 is 9.64 Å². The van der Waals surface area contributed by atoms with E-state index < -0.39 is 10.0 Å². The molecule has 2 aromatic rings. The van der Waals surface area contributed by atoms with E-state index in [0.29, 0.717) is 5.39 Å². The molecule has 2 aromatic carbocycles. The molecule has 1 N–H and O–H groups in total. The standard InChI is InChI=1S/C17H22N2O4S/c1-4-17(20)23-12-11-18-24(21,22)16-10-6-7-13-14(16)8-5-9-15(13)19(2)3/h5-10,18H,4,11-12H2,1-3H3. The lowest BCUT2D eigenvalue weighted by Gasteiger charge is -2.17. The number of esters is 1. The summed E-state index contributed by atoms with van der Waals surface area (Å²) in [7, 11) is 0.132. The second kappa shape index (κ2) is 7.63. The van der Waals surface area contributed by atoms with E-state index in [0.717, 1.165) is 11.1 Å². The van der Waals surface area contributed by atoms with Crippen molar-refractivity contribution in [3.8, 4) is 0 Å². The second-order valence-corrected chi connectivity index (χ2v) is 7.23. The van der Waals surface area contributed by atoms with Gasteiger partial charge in [0.1, 0.15) is 6.61 Å². The molecule has 0 saturated heterocycles. The van der Waals surface area contributed by atoms with Crippen molar-refractivity contribution in [1.82, 2.24) is 4.72 Å². The number of hydrogen-bond acceptors (Lipinski definition) is 5. The maximum atomic E-state index is 12.6. The highest BCUT2D eigenvalue weighted by Gasteiger charge is 2.18. The molecule has 0 bridgehead atoms. The van der Waals surface area contributed by atoms with Gasteiger partial charge in [0, 0.05) is 43.5 Å². The van der Waals surface area contributed by atoms with Gasteiger partial charge in [0.2, 0.25) is 10.0 Å². The Labute approximate surface area is 142 Å². The quantitative estimate of drug-likeness (QED) is 0.612. The van der Waals surface area contributed by atoms with Crippen molar-refractivity contribution >= 4 is 32.5 Å². The van der Waals surface area contributed by atoms with Gasteiger partial charge in [-0.3, -0.25) is 4.79 Å². The third-order valence-corrected chi connectivity index (χ3v) is 5.10. The molecular weight excluding hydrogens is 328 g/mol. The maximum Gasteiger partial charge on any atom is 0.305 e. The summed E-state index contributed by atoms with van der Waals surface area (Å²) in [4.78, 5) is 13.2. The van der Waals surface area contributed by atoms with Crippen LogP contribution in [-0.4, -0.2) is 41.6 Å². The Morgan fingerprint density at radius 1 is 1.12 bits per heavy atom. The van der Waals surface area contributed by atoms with Crippen LogP contribution in [0.1, 0.15) is 13.3 Å². The first-order valence-corrected chi connectivity index (χ1v) is 9.19. The van der Waals surface area contributed by atoms with Gasteiger partial charge in [-0.1, -0.05) is 31.2 Å². The van der Waals surface area contributed by atoms with Gasteiger partial charge in [-0.2, -0.15) is 0 Å². The molecule has 7 heteroatoms. The molecular formula is C17H22N2O4S. The highest BCUT2D eigenvalue weighted by Crippen LogP contribution is 2.29. The highest BCUT2D eigenvalue weighted by atomic mass is 32.2. The van der Waals surface area contributed by atoms with Crippen LogP contribution in [0.2, 0.25) is 0 Å². The minimum Gasteiger partial charge on any atom is -0.464 e. The van der Waals surface area contributed by atoms with Gasteiger partial charge >= 0.3 is 5.97 Å². The van der Waals surface area contributed by atoms with E-state index in [4.69, 9.17) is 4.74 Å². The molecule has 130 valence electrons. The molecule has 0 radical (unpaired) electrons. The summed E-state index contributed by atoms with van der Waals surface area (Å²) < 4.78 is 32.5. The lowest BCUT2D eigenvalue weighted by molar-refractivity contribution is -0.142. The normalized spacial score (nSPS) is 11.5. The van der Waals surface area contributed by atoms with Crippen LogP contribution in [0.5, 0.6) is 0 Å². The van der Waals surface area contributed by atoms with Crippen molar-refractivity contribution in [2.24, 2.45) is 0 Å². The van der Waals surface area contributed by atoms with Gasteiger partial charge in [-0.25, -0.2) is 13.1 Å². The molecule has 0 spiro atoms. The summed E-state index contributed by atoms with van der Waals surface area (Å²) in [6, 6.07) is 10.7. The van der Waals surface area contributed by atoms with Crippen molar-refractivity contribution in [2.75, 3.05) is 32.1 Å². The van der Waals surface area contributed by atoms with Crippen molar-refractivity contribution in [1.29, 1.82) is 0 Å². The third kappa shape index (κ3) is 4.04. The Morgan fingerprint density at radius 2 is 1.79 bits per heavy atom. The number of rotatable bonds is 7. The number of benzene rings is 2. The molecule has 0 aliphatic heterocycles. The molecule has 6 nitrogen and oxygen atoms in total. The predicted molar refractivity (Wildman–Crippen MR) is 94.7 cm³/mol. The Morgan fingerprint density at radius 3 is 2.46 bits per heavy atom. The lowest BCUT2D eigenvalue weighted by atomic mass is 10.1. The summed E-state index contributed by atoms with van der Waals surface area (Å²) in [6.07, 6.45) is 0.267. The summed E-state index contributed by atoms with van der Waals surface area (Å²) in [5, 5.41) is 1.52. The van der Waals surface area contributed by atoms with Crippen LogP contribution in [0.3, 0.4) is 0 Å². The van der Waals surface area contributed by atoms with Crippen molar-refractivity contribution < 1.29 is 17.9 Å². The molecule has 0 saturated carbocycles. The van der Waals surface area contributed by atoms with E-state index in [1.165, 1.54) is 0 Å². The first kappa shape index (κ1) is 18.2. The summed E-state index contributed by atoms with van der Waals surface area (Å²) in [6.45, 7) is 1.74. The van der Waals surface area contributed by atoms with Crippen LogP contribution in [0.15, 0.2) is 41.3 Å². The average molecular weight is 350 g/mol. The lowest BCUT2D eigenvalue weighted by Crippen LogP contribution is -2.28. The van der Waals surface area contributed by atoms with Gasteiger partial charge in [0.25, 0.3) is 0 Å². The largest absolute Gasteiger partial charge is 0.464 e. The van der Waals surface area contributed by atoms with Gasteiger partial charge in [0.15, 0.2) is 0 Å². The topological polar surface area (TPSA) is 75.7 Å². The zero-order valence-corrected chi connectivity index (χ0v) is 14.9. The zero-order chi connectivity index (χ0) is 17.7. The summed E-state index contributed by atoms with van der Waals surface area (Å²) >= 11 is 0. The molecule has 2 rings (SSSR count). The predicted octanol–water partition coefficient (Wildman–Crippen LogP) is 2.14. The molecule has 0 heterocycles. The highest BCUT2D eigenvalue weighted by molar-refractivity contribution is 7.89. The molecule has 0 unspecified atom stereocenters. The fourth-order valence-corrected chi connectivity index (χ4v) is 3.64. The first-order valence-electron chi connectivity index (χ1n) is 7.71. The summed E-state index contributed by atoms with van der Waals surface area (Å²) in [5.41, 5.74) is 0.946. The molecule has 0 aromatic heterocycles. The fourth-order valence-electron chi connectivity index (χ4n) is 2.41. The number of anilines is 1. The Kier molecular flexibility index (Phi) is 5.80. The third-order valence-electron chi connectivity index (χ3n) is 3.58. The number of nitrogens with zero attached hydrogens (tertiary/aromatic N) is 1. The SMILES string of the molecule is CCC(=O)OCCNS(=O)(=O)c1cccc2c(N(C)C)cccc12. The first-order chi connectivity index (χ1) is 11.4. The van der Waals surface area contributed by atoms with Crippen molar-refractivity contribution in [3.05, 3.63) is 36.4 Å². The number of hydrogen-bond donors (Lipinski definition) is 1. The molecule has 0 aliphatic carbocycles. The molecule has 24 heavy (non-hydrogen) atoms. The van der Waals surface area contributed by atoms with Crippen LogP contribution in [0, 0.1) is 0 Å². The summed E-state index contributed by atoms with van der Waals surface area (Å²) in [5.74, 6) is -0.352. The van der Waals surface area contributed by atoms with E-state index in [1.807, 2.05) is 37.2 Å². The van der Waals surface area contributed by atoms with E-state index in [1.54, 1.807) is 25.1 Å². The Balaban J connectivity index is 2.27. The van der Waals surface area contributed by atoms with Crippen LogP contribution < -0.4 is 9.62 Å². The number of carbonyl (C=O) groups excluding carboxylic acids is 1. The number of nitrogens with one attached hydrogen (secondary N) is 1. The molecule has 0 amide bonds. The number of sulfonamides is 1. The Bertz CT molecular complexity index is 832. The Hall–Kier alpha value is -2.12. The van der Waals surface area contributed by atoms with Crippen LogP contribution in [0.25, 0.3) is 10.8 Å². The van der Waals surface area contributed by atoms with Crippen LogP contribution >= 0.6 is 0 Å². The second-order valence-electron chi connectivity index (χ2n) is 5.49. The van der Waals surface area contributed by atoms with Crippen LogP contribution in [0.4, 0.5) is 5.69 Å². The number of fused-ring (bicyclic) bond motifs is 1. The smallest absolute Gasteiger partial charge is 0.305 e. The minimum atomic E-state index is -3.69. The fraction of sp³-hybridized carbons (Fsp3) is 0.353. The monoisotopic (exact) mass is 350 g/mol. The van der Waals surface area contributed by atoms with Crippen molar-refractivity contribution in [3.63, 3.8) is 0 Å². The van der Waals surface area contributed by atoms with Crippen LogP contribution in [-0.2, 0) is 19.6 Å². The van der Waals surface area contributed by atoms with Gasteiger partial charge in [0.05, 0.1) is 4.90 Å². The maximum absolute atomic E-state index is 12.6. The number of carbonyl (C=O) groups is 1. The number of ether oxygens (including phenoxy) is 1. The average Bonchev–Trinajstić information content (AvgIpc) is 2.57. The molecule has 0 aliphatic rings. The van der Waals surface area contributed by atoms with E-state index >= 15 is 0 Å². The van der Waals surface area contributed by atoms with Crippen molar-refractivity contribution in [2.45, 2.75) is 18.2 Å². The molecule has 0 fully saturated rings. The zero-order valence-electron chi connectivity index (χ0n) is 14.1. The molecule has 0 atom stereocenters. The van der Waals surface area contributed by atoms with E-state index in [9.17, 15) is 13.2 Å². The van der Waals surface area contributed by atoms with Gasteiger partial charge in [-0.05, 0) is 12.1 Å².